The number of hydrogen-bond acceptors (Lipinski definition) is 6. The lowest BCUT2D eigenvalue weighted by Crippen LogP contribution is -2.40. The van der Waals surface area contributed by atoms with Gasteiger partial charge in [0.1, 0.15) is 5.75 Å². The molecular weight excluding hydrogens is 332 g/mol. The van der Waals surface area contributed by atoms with Gasteiger partial charge in [0.25, 0.3) is 0 Å². The number of hydrogen-bond donors (Lipinski definition) is 2. The van der Waals surface area contributed by atoms with E-state index in [2.05, 4.69) is 20.8 Å². The standard InChI is InChI=1S/C16H20N4O3.ClH/c1-22-12-6-4-11(5-7-12)9-14-19-15(23-20-14)10-18-16(21)13-3-2-8-17-13;/h4-7,13,17H,2-3,8-10H2,1H3,(H,18,21);1H. The summed E-state index contributed by atoms with van der Waals surface area (Å²) in [7, 11) is 1.63. The number of benzene rings is 1. The first-order chi connectivity index (χ1) is 11.2. The molecule has 0 saturated carbocycles. The highest BCUT2D eigenvalue weighted by Crippen LogP contribution is 2.13. The molecule has 1 aliphatic heterocycles. The average molecular weight is 353 g/mol. The lowest BCUT2D eigenvalue weighted by atomic mass is 10.1. The van der Waals surface area contributed by atoms with Crippen molar-refractivity contribution < 1.29 is 14.1 Å². The fourth-order valence-corrected chi connectivity index (χ4v) is 2.55. The molecule has 130 valence electrons. The number of aromatic nitrogens is 2. The van der Waals surface area contributed by atoms with Gasteiger partial charge in [-0.05, 0) is 37.1 Å². The molecule has 1 aliphatic rings. The van der Waals surface area contributed by atoms with Gasteiger partial charge in [0.05, 0.1) is 19.7 Å². The fourth-order valence-electron chi connectivity index (χ4n) is 2.55. The van der Waals surface area contributed by atoms with Crippen LogP contribution < -0.4 is 15.4 Å². The number of halogens is 1. The van der Waals surface area contributed by atoms with Crippen LogP contribution in [0.25, 0.3) is 0 Å². The van der Waals surface area contributed by atoms with E-state index in [-0.39, 0.29) is 30.9 Å². The third-order valence-electron chi connectivity index (χ3n) is 3.82. The number of nitrogens with one attached hydrogen (secondary N) is 2. The van der Waals surface area contributed by atoms with Gasteiger partial charge in [-0.1, -0.05) is 17.3 Å². The van der Waals surface area contributed by atoms with Crippen molar-refractivity contribution in [3.63, 3.8) is 0 Å². The van der Waals surface area contributed by atoms with Crippen LogP contribution in [0.5, 0.6) is 5.75 Å². The van der Waals surface area contributed by atoms with E-state index in [1.165, 1.54) is 0 Å². The van der Waals surface area contributed by atoms with E-state index < -0.39 is 0 Å². The third kappa shape index (κ3) is 4.69. The number of ether oxygens (including phenoxy) is 1. The summed E-state index contributed by atoms with van der Waals surface area (Å²) in [5, 5.41) is 9.92. The molecule has 2 N–H and O–H groups in total. The van der Waals surface area contributed by atoms with Crippen molar-refractivity contribution in [2.24, 2.45) is 0 Å². The predicted molar refractivity (Wildman–Crippen MR) is 90.2 cm³/mol. The van der Waals surface area contributed by atoms with Crippen LogP contribution in [0, 0.1) is 0 Å². The number of amides is 1. The Kier molecular flexibility index (Phi) is 6.57. The summed E-state index contributed by atoms with van der Waals surface area (Å²) in [6.45, 7) is 1.15. The minimum absolute atomic E-state index is 0. The third-order valence-corrected chi connectivity index (χ3v) is 3.82. The summed E-state index contributed by atoms with van der Waals surface area (Å²) in [4.78, 5) is 16.2. The lowest BCUT2D eigenvalue weighted by Gasteiger charge is -2.08. The molecule has 7 nitrogen and oxygen atoms in total. The maximum Gasteiger partial charge on any atom is 0.246 e. The summed E-state index contributed by atoms with van der Waals surface area (Å²) in [6, 6.07) is 7.61. The zero-order valence-corrected chi connectivity index (χ0v) is 14.3. The molecule has 1 aromatic heterocycles. The number of carbonyl (C=O) groups excluding carboxylic acids is 1. The van der Waals surface area contributed by atoms with Gasteiger partial charge in [0.15, 0.2) is 5.82 Å². The molecule has 1 amide bonds. The molecule has 1 aromatic carbocycles. The lowest BCUT2D eigenvalue weighted by molar-refractivity contribution is -0.123. The molecule has 2 aromatic rings. The predicted octanol–water partition coefficient (Wildman–Crippen LogP) is 1.46. The summed E-state index contributed by atoms with van der Waals surface area (Å²) < 4.78 is 10.3. The molecule has 8 heteroatoms. The van der Waals surface area contributed by atoms with Crippen molar-refractivity contribution >= 4 is 18.3 Å². The highest BCUT2D eigenvalue weighted by atomic mass is 35.5. The molecule has 0 bridgehead atoms. The molecule has 0 radical (unpaired) electrons. The van der Waals surface area contributed by atoms with Crippen molar-refractivity contribution in [3.05, 3.63) is 41.5 Å². The first kappa shape index (κ1) is 18.2. The van der Waals surface area contributed by atoms with Crippen molar-refractivity contribution in [2.75, 3.05) is 13.7 Å². The van der Waals surface area contributed by atoms with Gasteiger partial charge in [-0.15, -0.1) is 12.4 Å². The van der Waals surface area contributed by atoms with Crippen molar-refractivity contribution in [1.82, 2.24) is 20.8 Å². The van der Waals surface area contributed by atoms with Crippen LogP contribution in [0.3, 0.4) is 0 Å². The SMILES string of the molecule is COc1ccc(Cc2noc(CNC(=O)C3CCCN3)n2)cc1.Cl. The smallest absolute Gasteiger partial charge is 0.246 e. The normalized spacial score (nSPS) is 16.5. The first-order valence-corrected chi connectivity index (χ1v) is 7.70. The highest BCUT2D eigenvalue weighted by Gasteiger charge is 2.22. The Bertz CT molecular complexity index is 654. The molecule has 24 heavy (non-hydrogen) atoms. The van der Waals surface area contributed by atoms with Crippen LogP contribution in [-0.4, -0.2) is 35.7 Å². The maximum absolute atomic E-state index is 11.9. The van der Waals surface area contributed by atoms with Crippen molar-refractivity contribution in [1.29, 1.82) is 0 Å². The van der Waals surface area contributed by atoms with E-state index in [9.17, 15) is 4.79 Å². The van der Waals surface area contributed by atoms with Crippen LogP contribution >= 0.6 is 12.4 Å². The Hall–Kier alpha value is -2.12. The van der Waals surface area contributed by atoms with Crippen LogP contribution in [-0.2, 0) is 17.8 Å². The second kappa shape index (κ2) is 8.65. The minimum atomic E-state index is -0.100. The summed E-state index contributed by atoms with van der Waals surface area (Å²) >= 11 is 0. The van der Waals surface area contributed by atoms with Gasteiger partial charge in [0.2, 0.25) is 11.8 Å². The molecule has 3 rings (SSSR count). The second-order valence-electron chi connectivity index (χ2n) is 5.50. The summed E-state index contributed by atoms with van der Waals surface area (Å²) in [5.41, 5.74) is 1.07. The van der Waals surface area contributed by atoms with E-state index >= 15 is 0 Å². The van der Waals surface area contributed by atoms with Crippen molar-refractivity contribution in [3.8, 4) is 5.75 Å². The van der Waals surface area contributed by atoms with E-state index in [0.717, 1.165) is 30.7 Å². The van der Waals surface area contributed by atoms with Gasteiger partial charge in [-0.3, -0.25) is 4.79 Å². The monoisotopic (exact) mass is 352 g/mol. The van der Waals surface area contributed by atoms with Gasteiger partial charge >= 0.3 is 0 Å². The zero-order valence-electron chi connectivity index (χ0n) is 13.4. The Labute approximate surface area is 146 Å². The second-order valence-corrected chi connectivity index (χ2v) is 5.50. The van der Waals surface area contributed by atoms with Crippen LogP contribution in [0.1, 0.15) is 30.1 Å². The number of nitrogens with zero attached hydrogens (tertiary/aromatic N) is 2. The minimum Gasteiger partial charge on any atom is -0.497 e. The number of carbonyl (C=O) groups is 1. The molecule has 1 fully saturated rings. The van der Waals surface area contributed by atoms with Gasteiger partial charge in [-0.2, -0.15) is 4.98 Å². The molecular formula is C16H21ClN4O3. The largest absolute Gasteiger partial charge is 0.497 e. The Morgan fingerprint density at radius 3 is 2.88 bits per heavy atom. The van der Waals surface area contributed by atoms with Gasteiger partial charge in [0, 0.05) is 6.42 Å². The van der Waals surface area contributed by atoms with E-state index in [1.54, 1.807) is 7.11 Å². The maximum atomic E-state index is 11.9. The number of rotatable bonds is 6. The van der Waals surface area contributed by atoms with Gasteiger partial charge in [-0.25, -0.2) is 0 Å². The van der Waals surface area contributed by atoms with E-state index in [4.69, 9.17) is 9.26 Å². The van der Waals surface area contributed by atoms with Crippen molar-refractivity contribution in [2.45, 2.75) is 31.8 Å². The highest BCUT2D eigenvalue weighted by molar-refractivity contribution is 5.85. The number of methoxy groups -OCH3 is 1. The molecule has 2 heterocycles. The first-order valence-electron chi connectivity index (χ1n) is 7.70. The molecule has 0 spiro atoms. The fraction of sp³-hybridized carbons (Fsp3) is 0.438. The van der Waals surface area contributed by atoms with Crippen LogP contribution in [0.4, 0.5) is 0 Å². The van der Waals surface area contributed by atoms with E-state index in [0.29, 0.717) is 18.1 Å². The van der Waals surface area contributed by atoms with Gasteiger partial charge < -0.3 is 19.9 Å². The quantitative estimate of drug-likeness (QED) is 0.818. The van der Waals surface area contributed by atoms with Crippen LogP contribution in [0.2, 0.25) is 0 Å². The summed E-state index contributed by atoms with van der Waals surface area (Å²) in [6.07, 6.45) is 2.48. The molecule has 0 aliphatic carbocycles. The topological polar surface area (TPSA) is 89.3 Å². The summed E-state index contributed by atoms with van der Waals surface area (Å²) in [5.74, 6) is 1.81. The average Bonchev–Trinajstić information content (AvgIpc) is 3.25. The Morgan fingerprint density at radius 2 is 2.21 bits per heavy atom. The zero-order chi connectivity index (χ0) is 16.1. The van der Waals surface area contributed by atoms with E-state index in [1.807, 2.05) is 24.3 Å². The Balaban J connectivity index is 0.00000208. The Morgan fingerprint density at radius 1 is 1.42 bits per heavy atom. The molecule has 1 saturated heterocycles. The van der Waals surface area contributed by atoms with Crippen LogP contribution in [0.15, 0.2) is 28.8 Å². The molecule has 1 atom stereocenters. The molecule has 1 unspecified atom stereocenters.